The maximum Gasteiger partial charge on any atom is 0.141 e. The molecule has 0 amide bonds. The van der Waals surface area contributed by atoms with Gasteiger partial charge in [-0.1, -0.05) is 53.0 Å². The SMILES string of the molecule is Clc1cc2nc(-c3cc4ccccc4nc3Cl)[nH]c2cc1Cl. The van der Waals surface area contributed by atoms with Crippen LogP contribution < -0.4 is 0 Å². The van der Waals surface area contributed by atoms with Gasteiger partial charge in [-0.15, -0.1) is 0 Å². The second kappa shape index (κ2) is 5.13. The summed E-state index contributed by atoms with van der Waals surface area (Å²) in [6, 6.07) is 13.2. The minimum Gasteiger partial charge on any atom is -0.338 e. The van der Waals surface area contributed by atoms with E-state index in [4.69, 9.17) is 34.8 Å². The Labute approximate surface area is 140 Å². The lowest BCUT2D eigenvalue weighted by Crippen LogP contribution is -1.87. The molecule has 0 fully saturated rings. The van der Waals surface area contributed by atoms with Crippen LogP contribution in [0.3, 0.4) is 0 Å². The number of pyridine rings is 1. The van der Waals surface area contributed by atoms with Crippen LogP contribution in [0.15, 0.2) is 42.5 Å². The zero-order valence-corrected chi connectivity index (χ0v) is 13.3. The first kappa shape index (κ1) is 13.8. The van der Waals surface area contributed by atoms with Gasteiger partial charge in [0, 0.05) is 5.39 Å². The highest BCUT2D eigenvalue weighted by Crippen LogP contribution is 2.32. The summed E-state index contributed by atoms with van der Waals surface area (Å²) in [6.45, 7) is 0. The highest BCUT2D eigenvalue weighted by molar-refractivity contribution is 6.42. The van der Waals surface area contributed by atoms with Crippen molar-refractivity contribution < 1.29 is 0 Å². The number of nitrogens with one attached hydrogen (secondary N) is 1. The van der Waals surface area contributed by atoms with Crippen molar-refractivity contribution in [2.75, 3.05) is 0 Å². The summed E-state index contributed by atoms with van der Waals surface area (Å²) in [5.74, 6) is 0.636. The second-order valence-electron chi connectivity index (χ2n) is 4.89. The molecule has 0 aliphatic rings. The molecule has 6 heteroatoms. The fourth-order valence-corrected chi connectivity index (χ4v) is 2.95. The molecular weight excluding hydrogens is 341 g/mol. The maximum absolute atomic E-state index is 6.30. The molecule has 0 bridgehead atoms. The van der Waals surface area contributed by atoms with E-state index in [0.29, 0.717) is 21.0 Å². The molecule has 0 saturated heterocycles. The molecule has 0 saturated carbocycles. The molecule has 2 aromatic carbocycles. The van der Waals surface area contributed by atoms with Crippen molar-refractivity contribution in [2.24, 2.45) is 0 Å². The maximum atomic E-state index is 6.30. The van der Waals surface area contributed by atoms with Crippen molar-refractivity contribution in [2.45, 2.75) is 0 Å². The first-order valence-electron chi connectivity index (χ1n) is 6.52. The fourth-order valence-electron chi connectivity index (χ4n) is 2.39. The van der Waals surface area contributed by atoms with Crippen LogP contribution in [0.4, 0.5) is 0 Å². The van der Waals surface area contributed by atoms with Gasteiger partial charge in [-0.3, -0.25) is 0 Å². The lowest BCUT2D eigenvalue weighted by molar-refractivity contribution is 1.31. The molecule has 2 heterocycles. The van der Waals surface area contributed by atoms with Gasteiger partial charge >= 0.3 is 0 Å². The zero-order valence-electron chi connectivity index (χ0n) is 11.1. The van der Waals surface area contributed by atoms with E-state index in [0.717, 1.165) is 27.5 Å². The topological polar surface area (TPSA) is 41.6 Å². The van der Waals surface area contributed by atoms with E-state index < -0.39 is 0 Å². The number of aromatic nitrogens is 3. The van der Waals surface area contributed by atoms with E-state index in [2.05, 4.69) is 15.0 Å². The summed E-state index contributed by atoms with van der Waals surface area (Å²) in [4.78, 5) is 12.1. The Hall–Kier alpha value is -1.81. The third kappa shape index (κ3) is 2.22. The van der Waals surface area contributed by atoms with Gasteiger partial charge in [0.15, 0.2) is 0 Å². The Morgan fingerprint density at radius 3 is 2.45 bits per heavy atom. The van der Waals surface area contributed by atoms with Crippen LogP contribution >= 0.6 is 34.8 Å². The van der Waals surface area contributed by atoms with Crippen molar-refractivity contribution >= 4 is 56.7 Å². The number of rotatable bonds is 1. The normalized spacial score (nSPS) is 11.4. The summed E-state index contributed by atoms with van der Waals surface area (Å²) in [5, 5.41) is 2.34. The predicted molar refractivity (Wildman–Crippen MR) is 91.9 cm³/mol. The smallest absolute Gasteiger partial charge is 0.141 e. The Balaban J connectivity index is 1.96. The van der Waals surface area contributed by atoms with Gasteiger partial charge in [0.2, 0.25) is 0 Å². The lowest BCUT2D eigenvalue weighted by atomic mass is 10.1. The monoisotopic (exact) mass is 347 g/mol. The van der Waals surface area contributed by atoms with Crippen molar-refractivity contribution in [3.05, 3.63) is 57.7 Å². The van der Waals surface area contributed by atoms with Gasteiger partial charge in [-0.05, 0) is 24.3 Å². The van der Waals surface area contributed by atoms with Crippen LogP contribution in [0.1, 0.15) is 0 Å². The number of benzene rings is 2. The highest BCUT2D eigenvalue weighted by atomic mass is 35.5. The van der Waals surface area contributed by atoms with Gasteiger partial charge in [0.1, 0.15) is 11.0 Å². The average Bonchev–Trinajstić information content (AvgIpc) is 2.89. The third-order valence-corrected chi connectivity index (χ3v) is 4.47. The summed E-state index contributed by atoms with van der Waals surface area (Å²) < 4.78 is 0. The van der Waals surface area contributed by atoms with Crippen LogP contribution in [-0.2, 0) is 0 Å². The molecule has 0 unspecified atom stereocenters. The summed E-state index contributed by atoms with van der Waals surface area (Å²) >= 11 is 18.4. The molecule has 0 aliphatic heterocycles. The zero-order chi connectivity index (χ0) is 15.3. The van der Waals surface area contributed by atoms with E-state index >= 15 is 0 Å². The van der Waals surface area contributed by atoms with Crippen LogP contribution in [-0.4, -0.2) is 15.0 Å². The molecular formula is C16H8Cl3N3. The molecule has 3 nitrogen and oxygen atoms in total. The van der Waals surface area contributed by atoms with Crippen molar-refractivity contribution in [3.8, 4) is 11.4 Å². The molecule has 0 radical (unpaired) electrons. The number of aromatic amines is 1. The molecule has 22 heavy (non-hydrogen) atoms. The molecule has 0 atom stereocenters. The summed E-state index contributed by atoms with van der Waals surface area (Å²) in [7, 11) is 0. The number of para-hydroxylation sites is 1. The molecule has 0 spiro atoms. The van der Waals surface area contributed by atoms with Crippen LogP contribution in [0.5, 0.6) is 0 Å². The molecule has 2 aromatic heterocycles. The highest BCUT2D eigenvalue weighted by Gasteiger charge is 2.13. The van der Waals surface area contributed by atoms with E-state index in [1.165, 1.54) is 0 Å². The van der Waals surface area contributed by atoms with Crippen molar-refractivity contribution in [1.29, 1.82) is 0 Å². The first-order valence-corrected chi connectivity index (χ1v) is 7.65. The fraction of sp³-hybridized carbons (Fsp3) is 0. The Kier molecular flexibility index (Phi) is 3.22. The number of hydrogen-bond donors (Lipinski definition) is 1. The van der Waals surface area contributed by atoms with Crippen LogP contribution in [0.25, 0.3) is 33.3 Å². The average molecular weight is 349 g/mol. The number of hydrogen-bond acceptors (Lipinski definition) is 2. The number of fused-ring (bicyclic) bond motifs is 2. The van der Waals surface area contributed by atoms with Crippen molar-refractivity contribution in [3.63, 3.8) is 0 Å². The third-order valence-electron chi connectivity index (χ3n) is 3.46. The van der Waals surface area contributed by atoms with E-state index in [1.807, 2.05) is 30.3 Å². The number of H-pyrrole nitrogens is 1. The largest absolute Gasteiger partial charge is 0.338 e. The molecule has 4 aromatic rings. The van der Waals surface area contributed by atoms with Crippen molar-refractivity contribution in [1.82, 2.24) is 15.0 Å². The van der Waals surface area contributed by atoms with E-state index in [1.54, 1.807) is 12.1 Å². The predicted octanol–water partition coefficient (Wildman–Crippen LogP) is 5.74. The van der Waals surface area contributed by atoms with Gasteiger partial charge in [-0.2, -0.15) is 0 Å². The Morgan fingerprint density at radius 2 is 1.59 bits per heavy atom. The van der Waals surface area contributed by atoms with Gasteiger partial charge in [-0.25, -0.2) is 9.97 Å². The van der Waals surface area contributed by atoms with E-state index in [-0.39, 0.29) is 0 Å². The summed E-state index contributed by atoms with van der Waals surface area (Å²) in [6.07, 6.45) is 0. The van der Waals surface area contributed by atoms with Gasteiger partial charge in [0.25, 0.3) is 0 Å². The van der Waals surface area contributed by atoms with Crippen LogP contribution in [0, 0.1) is 0 Å². The summed E-state index contributed by atoms with van der Waals surface area (Å²) in [5.41, 5.74) is 3.12. The van der Waals surface area contributed by atoms with E-state index in [9.17, 15) is 0 Å². The lowest BCUT2D eigenvalue weighted by Gasteiger charge is -2.03. The number of halogens is 3. The number of nitrogens with zero attached hydrogens (tertiary/aromatic N) is 2. The Morgan fingerprint density at radius 1 is 0.818 bits per heavy atom. The molecule has 108 valence electrons. The first-order chi connectivity index (χ1) is 10.6. The standard InChI is InChI=1S/C16H8Cl3N3/c17-10-6-13-14(7-11(10)18)22-16(21-13)9-5-8-3-1-2-4-12(8)20-15(9)19/h1-7H,(H,21,22). The quantitative estimate of drug-likeness (QED) is 0.446. The molecule has 1 N–H and O–H groups in total. The minimum absolute atomic E-state index is 0.398. The number of imidazole rings is 1. The second-order valence-corrected chi connectivity index (χ2v) is 6.06. The minimum atomic E-state index is 0.398. The van der Waals surface area contributed by atoms with Gasteiger partial charge in [0.05, 0.1) is 32.2 Å². The van der Waals surface area contributed by atoms with Crippen LogP contribution in [0.2, 0.25) is 15.2 Å². The van der Waals surface area contributed by atoms with Gasteiger partial charge < -0.3 is 4.98 Å². The Bertz CT molecular complexity index is 985. The molecule has 4 rings (SSSR count). The molecule has 0 aliphatic carbocycles.